The van der Waals surface area contributed by atoms with Gasteiger partial charge in [0.2, 0.25) is 5.91 Å². The molecule has 0 aliphatic rings. The Morgan fingerprint density at radius 1 is 0.574 bits per heavy atom. The molecule has 0 aromatic heterocycles. The fourth-order valence-corrected chi connectivity index (χ4v) is 4.45. The zero-order chi connectivity index (χ0) is 37.1. The number of ether oxygens (including phenoxy) is 2. The first-order valence-corrected chi connectivity index (χ1v) is 22.1. The third kappa shape index (κ3) is 92.6. The minimum Gasteiger partial charge on any atom is -0.381 e. The lowest BCUT2D eigenvalue weighted by Gasteiger charge is -2.15. The SMILES string of the molecule is CCC.CCC.CCC.CCC.CCCCCCCC(CCOCCCNPC)OC.CCCCCCCCCCCCCC(N)=O. The van der Waals surface area contributed by atoms with Crippen LogP contribution in [0.5, 0.6) is 0 Å². The number of methoxy groups -OCH3 is 1. The molecule has 0 fully saturated rings. The molecular weight excluding hydrogens is 599 g/mol. The van der Waals surface area contributed by atoms with Gasteiger partial charge in [0, 0.05) is 33.3 Å². The Bertz CT molecular complexity index is 448. The molecule has 0 aliphatic heterocycles. The van der Waals surface area contributed by atoms with Crippen molar-refractivity contribution in [2.75, 3.05) is 33.5 Å². The zero-order valence-electron chi connectivity index (χ0n) is 35.0. The van der Waals surface area contributed by atoms with Crippen molar-refractivity contribution < 1.29 is 14.3 Å². The predicted octanol–water partition coefficient (Wildman–Crippen LogP) is 13.8. The van der Waals surface area contributed by atoms with Gasteiger partial charge in [-0.15, -0.1) is 0 Å². The van der Waals surface area contributed by atoms with Gasteiger partial charge in [-0.2, -0.15) is 0 Å². The predicted molar refractivity (Wildman–Crippen MR) is 221 cm³/mol. The summed E-state index contributed by atoms with van der Waals surface area (Å²) >= 11 is 0. The number of rotatable bonds is 27. The fourth-order valence-electron chi connectivity index (χ4n) is 4.02. The molecule has 0 spiro atoms. The number of carbonyl (C=O) groups is 1. The van der Waals surface area contributed by atoms with Gasteiger partial charge < -0.3 is 15.2 Å². The normalized spacial score (nSPS) is 10.6. The third-order valence-corrected chi connectivity index (χ3v) is 6.94. The first kappa shape index (κ1) is 59.0. The summed E-state index contributed by atoms with van der Waals surface area (Å²) in [5.74, 6) is -0.157. The third-order valence-electron chi connectivity index (χ3n) is 6.34. The standard InChI is InChI=1S/C15H34NO2P.C14H29NO.4C3H8/c1-4-5-6-7-8-10-15(17-2)11-14-18-13-9-12-16-19-3;1-2-3-4-5-6-7-8-9-10-11-12-13-14(15)16;4*1-3-2/h15-16,19H,4-14H2,1-3H3;2-13H2,1H3,(H2,15,16);4*3H2,1-2H3. The average molecular weight is 695 g/mol. The Morgan fingerprint density at radius 3 is 1.32 bits per heavy atom. The van der Waals surface area contributed by atoms with Crippen LogP contribution in [0.3, 0.4) is 0 Å². The van der Waals surface area contributed by atoms with E-state index in [-0.39, 0.29) is 5.91 Å². The average Bonchev–Trinajstić information content (AvgIpc) is 3.04. The summed E-state index contributed by atoms with van der Waals surface area (Å²) in [5, 5.41) is 3.33. The monoisotopic (exact) mass is 695 g/mol. The van der Waals surface area contributed by atoms with E-state index in [9.17, 15) is 4.79 Å². The Hall–Kier alpha value is -0.220. The van der Waals surface area contributed by atoms with Crippen LogP contribution in [0.25, 0.3) is 0 Å². The van der Waals surface area contributed by atoms with Gasteiger partial charge in [0.15, 0.2) is 0 Å². The Kier molecular flexibility index (Phi) is 85.1. The topological polar surface area (TPSA) is 73.6 Å². The van der Waals surface area contributed by atoms with Crippen molar-refractivity contribution in [1.29, 1.82) is 0 Å². The highest BCUT2D eigenvalue weighted by Gasteiger charge is 2.06. The molecular formula is C41H95N2O3P. The van der Waals surface area contributed by atoms with Gasteiger partial charge in [-0.3, -0.25) is 9.88 Å². The number of amides is 1. The van der Waals surface area contributed by atoms with E-state index in [0.717, 1.165) is 47.8 Å². The Balaban J connectivity index is -0.000000134. The van der Waals surface area contributed by atoms with Gasteiger partial charge in [-0.05, 0) is 32.3 Å². The highest BCUT2D eigenvalue weighted by molar-refractivity contribution is 7.34. The number of hydrogen-bond donors (Lipinski definition) is 2. The lowest BCUT2D eigenvalue weighted by Crippen LogP contribution is -2.15. The van der Waals surface area contributed by atoms with E-state index < -0.39 is 0 Å². The van der Waals surface area contributed by atoms with Crippen molar-refractivity contribution in [2.45, 2.75) is 229 Å². The van der Waals surface area contributed by atoms with Gasteiger partial charge in [-0.1, -0.05) is 200 Å². The van der Waals surface area contributed by atoms with Crippen LogP contribution in [0.4, 0.5) is 0 Å². The van der Waals surface area contributed by atoms with E-state index in [0.29, 0.717) is 12.5 Å². The van der Waals surface area contributed by atoms with E-state index in [1.165, 1.54) is 128 Å². The second-order valence-electron chi connectivity index (χ2n) is 12.6. The van der Waals surface area contributed by atoms with Crippen molar-refractivity contribution in [1.82, 2.24) is 5.09 Å². The van der Waals surface area contributed by atoms with E-state index in [1.54, 1.807) is 0 Å². The summed E-state index contributed by atoms with van der Waals surface area (Å²) in [5.41, 5.74) is 5.07. The molecule has 2 atom stereocenters. The number of nitrogens with two attached hydrogens (primary N) is 1. The fraction of sp³-hybridized carbons (Fsp3) is 0.976. The molecule has 2 unspecified atom stereocenters. The second kappa shape index (κ2) is 67.9. The molecule has 0 aromatic carbocycles. The van der Waals surface area contributed by atoms with E-state index in [4.69, 9.17) is 15.2 Å². The summed E-state index contributed by atoms with van der Waals surface area (Å²) in [6, 6.07) is 0. The van der Waals surface area contributed by atoms with Crippen LogP contribution >= 0.6 is 8.73 Å². The molecule has 0 heterocycles. The molecule has 3 N–H and O–H groups in total. The number of unbranched alkanes of at least 4 members (excludes halogenated alkanes) is 14. The molecule has 0 bridgehead atoms. The number of hydrogen-bond acceptors (Lipinski definition) is 4. The van der Waals surface area contributed by atoms with E-state index >= 15 is 0 Å². The molecule has 0 aliphatic carbocycles. The summed E-state index contributed by atoms with van der Waals surface area (Å²) < 4.78 is 11.2. The molecule has 47 heavy (non-hydrogen) atoms. The van der Waals surface area contributed by atoms with Crippen molar-refractivity contribution in [3.05, 3.63) is 0 Å². The maximum Gasteiger partial charge on any atom is 0.217 e. The van der Waals surface area contributed by atoms with Crippen LogP contribution in [0.2, 0.25) is 0 Å². The quantitative estimate of drug-likeness (QED) is 0.0663. The van der Waals surface area contributed by atoms with Gasteiger partial charge in [0.25, 0.3) is 0 Å². The first-order valence-electron chi connectivity index (χ1n) is 20.6. The highest BCUT2D eigenvalue weighted by atomic mass is 31.1. The number of nitrogens with one attached hydrogen (secondary N) is 1. The summed E-state index contributed by atoms with van der Waals surface area (Å²) in [7, 11) is 2.66. The smallest absolute Gasteiger partial charge is 0.217 e. The molecule has 0 saturated carbocycles. The minimum absolute atomic E-state index is 0.157. The lowest BCUT2D eigenvalue weighted by molar-refractivity contribution is -0.118. The van der Waals surface area contributed by atoms with Crippen LogP contribution < -0.4 is 10.8 Å². The van der Waals surface area contributed by atoms with Gasteiger partial charge in [0.1, 0.15) is 0 Å². The van der Waals surface area contributed by atoms with Gasteiger partial charge in [0.05, 0.1) is 6.10 Å². The van der Waals surface area contributed by atoms with Crippen LogP contribution in [0, 0.1) is 0 Å². The highest BCUT2D eigenvalue weighted by Crippen LogP contribution is 2.12. The maximum absolute atomic E-state index is 10.5. The van der Waals surface area contributed by atoms with Crippen molar-refractivity contribution >= 4 is 14.6 Å². The molecule has 0 rings (SSSR count). The van der Waals surface area contributed by atoms with Crippen molar-refractivity contribution in [3.63, 3.8) is 0 Å². The van der Waals surface area contributed by atoms with Crippen LogP contribution in [0.15, 0.2) is 0 Å². The Morgan fingerprint density at radius 2 is 0.957 bits per heavy atom. The minimum atomic E-state index is -0.157. The van der Waals surface area contributed by atoms with E-state index in [2.05, 4.69) is 81.0 Å². The summed E-state index contributed by atoms with van der Waals surface area (Å²) in [6.07, 6.45) is 30.4. The molecule has 0 radical (unpaired) electrons. The first-order chi connectivity index (χ1) is 22.8. The summed E-state index contributed by atoms with van der Waals surface area (Å²) in [4.78, 5) is 10.5. The Labute approximate surface area is 302 Å². The van der Waals surface area contributed by atoms with Crippen LogP contribution in [0.1, 0.15) is 223 Å². The number of primary amides is 1. The molecule has 6 heteroatoms. The number of carbonyl (C=O) groups excluding carboxylic acids is 1. The second-order valence-corrected chi connectivity index (χ2v) is 13.4. The van der Waals surface area contributed by atoms with Gasteiger partial charge >= 0.3 is 0 Å². The zero-order valence-corrected chi connectivity index (χ0v) is 36.0. The van der Waals surface area contributed by atoms with E-state index in [1.807, 2.05) is 7.11 Å². The van der Waals surface area contributed by atoms with Crippen molar-refractivity contribution in [3.8, 4) is 0 Å². The lowest BCUT2D eigenvalue weighted by atomic mass is 10.1. The van der Waals surface area contributed by atoms with Crippen LogP contribution in [-0.4, -0.2) is 45.5 Å². The molecule has 0 aromatic rings. The maximum atomic E-state index is 10.5. The molecule has 0 saturated heterocycles. The van der Waals surface area contributed by atoms with Crippen LogP contribution in [-0.2, 0) is 14.3 Å². The molecule has 292 valence electrons. The molecule has 5 nitrogen and oxygen atoms in total. The van der Waals surface area contributed by atoms with Gasteiger partial charge in [-0.25, -0.2) is 0 Å². The molecule has 1 amide bonds. The largest absolute Gasteiger partial charge is 0.381 e. The summed E-state index contributed by atoms with van der Waals surface area (Å²) in [6.45, 7) is 26.4. The van der Waals surface area contributed by atoms with Crippen molar-refractivity contribution in [2.24, 2.45) is 5.73 Å².